The number of hydrogen-bond donors (Lipinski definition) is 2. The van der Waals surface area contributed by atoms with Crippen LogP contribution in [0, 0.1) is 0 Å². The van der Waals surface area contributed by atoms with E-state index in [2.05, 4.69) is 4.98 Å². The lowest BCUT2D eigenvalue weighted by Crippen LogP contribution is -2.14. The average Bonchev–Trinajstić information content (AvgIpc) is 2.74. The third-order valence-electron chi connectivity index (χ3n) is 2.15. The highest BCUT2D eigenvalue weighted by atomic mass is 16.5. The van der Waals surface area contributed by atoms with Crippen LogP contribution in [0.5, 0.6) is 5.75 Å². The van der Waals surface area contributed by atoms with E-state index in [9.17, 15) is 4.79 Å². The van der Waals surface area contributed by atoms with Crippen LogP contribution in [0.1, 0.15) is 0 Å². The van der Waals surface area contributed by atoms with E-state index in [1.54, 1.807) is 12.4 Å². The molecule has 1 aromatic heterocycles. The normalized spacial score (nSPS) is 10.3. The van der Waals surface area contributed by atoms with Crippen molar-refractivity contribution in [1.29, 1.82) is 0 Å². The van der Waals surface area contributed by atoms with Gasteiger partial charge < -0.3 is 15.5 Å². The Hall–Kier alpha value is -2.01. The van der Waals surface area contributed by atoms with Crippen molar-refractivity contribution < 1.29 is 4.74 Å². The lowest BCUT2D eigenvalue weighted by molar-refractivity contribution is 0.328. The summed E-state index contributed by atoms with van der Waals surface area (Å²) >= 11 is 0. The third kappa shape index (κ3) is 2.14. The molecular weight excluding hydrogens is 206 g/mol. The number of nitrogens with two attached hydrogens (primary N) is 1. The predicted molar refractivity (Wildman–Crippen MR) is 60.9 cm³/mol. The molecule has 0 aliphatic heterocycles. The molecule has 16 heavy (non-hydrogen) atoms. The molecule has 0 aliphatic rings. The van der Waals surface area contributed by atoms with E-state index in [1.165, 1.54) is 4.57 Å². The van der Waals surface area contributed by atoms with E-state index in [4.69, 9.17) is 10.5 Å². The zero-order valence-electron chi connectivity index (χ0n) is 8.72. The Balaban J connectivity index is 2.20. The second-order valence-electron chi connectivity index (χ2n) is 3.27. The molecule has 0 radical (unpaired) electrons. The molecule has 5 nitrogen and oxygen atoms in total. The van der Waals surface area contributed by atoms with Crippen LogP contribution in [-0.2, 0) is 0 Å². The fraction of sp³-hybridized carbons (Fsp3) is 0.182. The second kappa shape index (κ2) is 4.67. The Morgan fingerprint density at radius 1 is 1.31 bits per heavy atom. The largest absolute Gasteiger partial charge is 0.492 e. The molecule has 1 aromatic carbocycles. The molecule has 2 rings (SSSR count). The first kappa shape index (κ1) is 10.5. The minimum Gasteiger partial charge on any atom is -0.492 e. The van der Waals surface area contributed by atoms with Gasteiger partial charge in [-0.3, -0.25) is 4.57 Å². The van der Waals surface area contributed by atoms with Crippen LogP contribution >= 0.6 is 0 Å². The van der Waals surface area contributed by atoms with Crippen LogP contribution in [0.4, 0.5) is 0 Å². The molecule has 5 heteroatoms. The summed E-state index contributed by atoms with van der Waals surface area (Å²) in [7, 11) is 0. The monoisotopic (exact) mass is 219 g/mol. The van der Waals surface area contributed by atoms with Gasteiger partial charge in [-0.2, -0.15) is 0 Å². The highest BCUT2D eigenvalue weighted by Gasteiger charge is 1.99. The molecular formula is C11H13N3O2. The van der Waals surface area contributed by atoms with Crippen molar-refractivity contribution in [1.82, 2.24) is 9.55 Å². The van der Waals surface area contributed by atoms with E-state index >= 15 is 0 Å². The molecule has 0 unspecified atom stereocenters. The summed E-state index contributed by atoms with van der Waals surface area (Å²) in [5, 5.41) is 0. The van der Waals surface area contributed by atoms with E-state index < -0.39 is 0 Å². The summed E-state index contributed by atoms with van der Waals surface area (Å²) < 4.78 is 6.86. The van der Waals surface area contributed by atoms with Gasteiger partial charge in [0.05, 0.1) is 5.69 Å². The predicted octanol–water partition coefficient (Wildman–Crippen LogP) is 0.503. The number of hydrogen-bond acceptors (Lipinski definition) is 3. The zero-order chi connectivity index (χ0) is 11.4. The molecule has 0 amide bonds. The van der Waals surface area contributed by atoms with Crippen LogP contribution in [-0.4, -0.2) is 22.7 Å². The summed E-state index contributed by atoms with van der Waals surface area (Å²) in [6.45, 7) is 0.975. The third-order valence-corrected chi connectivity index (χ3v) is 2.15. The summed E-state index contributed by atoms with van der Waals surface area (Å²) in [6, 6.07) is 7.26. The summed E-state index contributed by atoms with van der Waals surface area (Å²) in [6.07, 6.45) is 3.28. The number of imidazole rings is 1. The van der Waals surface area contributed by atoms with Crippen LogP contribution in [0.15, 0.2) is 41.5 Å². The van der Waals surface area contributed by atoms with Crippen molar-refractivity contribution in [3.8, 4) is 11.4 Å². The van der Waals surface area contributed by atoms with Gasteiger partial charge in [-0.05, 0) is 24.3 Å². The molecule has 3 N–H and O–H groups in total. The minimum absolute atomic E-state index is 0.157. The SMILES string of the molecule is NCCOc1ccc(-n2cc[nH]c2=O)cc1. The highest BCUT2D eigenvalue weighted by Crippen LogP contribution is 2.13. The number of nitrogens with zero attached hydrogens (tertiary/aromatic N) is 1. The second-order valence-corrected chi connectivity index (χ2v) is 3.27. The number of nitrogens with one attached hydrogen (secondary N) is 1. The average molecular weight is 219 g/mol. The summed E-state index contributed by atoms with van der Waals surface area (Å²) in [5.41, 5.74) is 5.97. The Labute approximate surface area is 92.5 Å². The van der Waals surface area contributed by atoms with Crippen LogP contribution in [0.2, 0.25) is 0 Å². The maximum absolute atomic E-state index is 11.3. The molecule has 0 atom stereocenters. The molecule has 0 saturated heterocycles. The van der Waals surface area contributed by atoms with E-state index in [1.807, 2.05) is 24.3 Å². The van der Waals surface area contributed by atoms with Crippen molar-refractivity contribution in [2.75, 3.05) is 13.2 Å². The quantitative estimate of drug-likeness (QED) is 0.786. The van der Waals surface area contributed by atoms with Gasteiger partial charge >= 0.3 is 5.69 Å². The van der Waals surface area contributed by atoms with Crippen molar-refractivity contribution in [2.45, 2.75) is 0 Å². The van der Waals surface area contributed by atoms with Gasteiger partial charge in [0, 0.05) is 18.9 Å². The lowest BCUT2D eigenvalue weighted by atomic mass is 10.3. The maximum Gasteiger partial charge on any atom is 0.330 e. The first-order valence-electron chi connectivity index (χ1n) is 5.00. The van der Waals surface area contributed by atoms with E-state index in [-0.39, 0.29) is 5.69 Å². The van der Waals surface area contributed by atoms with E-state index in [0.717, 1.165) is 11.4 Å². The number of aromatic amines is 1. The van der Waals surface area contributed by atoms with Gasteiger partial charge in [-0.15, -0.1) is 0 Å². The summed E-state index contributed by atoms with van der Waals surface area (Å²) in [5.74, 6) is 0.748. The summed E-state index contributed by atoms with van der Waals surface area (Å²) in [4.78, 5) is 13.9. The lowest BCUT2D eigenvalue weighted by Gasteiger charge is -2.05. The Morgan fingerprint density at radius 2 is 2.06 bits per heavy atom. The molecule has 0 spiro atoms. The van der Waals surface area contributed by atoms with Crippen molar-refractivity contribution in [3.63, 3.8) is 0 Å². The topological polar surface area (TPSA) is 73.0 Å². The van der Waals surface area contributed by atoms with Crippen LogP contribution < -0.4 is 16.2 Å². The van der Waals surface area contributed by atoms with Crippen molar-refractivity contribution in [2.24, 2.45) is 5.73 Å². The zero-order valence-corrected chi connectivity index (χ0v) is 8.72. The Morgan fingerprint density at radius 3 is 2.62 bits per heavy atom. The number of H-pyrrole nitrogens is 1. The Kier molecular flexibility index (Phi) is 3.07. The maximum atomic E-state index is 11.3. The molecule has 0 fully saturated rings. The number of rotatable bonds is 4. The van der Waals surface area contributed by atoms with Gasteiger partial charge in [-0.1, -0.05) is 0 Å². The first-order chi connectivity index (χ1) is 7.81. The van der Waals surface area contributed by atoms with Crippen LogP contribution in [0.3, 0.4) is 0 Å². The fourth-order valence-corrected chi connectivity index (χ4v) is 1.40. The van der Waals surface area contributed by atoms with Gasteiger partial charge in [0.15, 0.2) is 0 Å². The van der Waals surface area contributed by atoms with Gasteiger partial charge in [0.25, 0.3) is 0 Å². The fourth-order valence-electron chi connectivity index (χ4n) is 1.40. The molecule has 0 bridgehead atoms. The van der Waals surface area contributed by atoms with Gasteiger partial charge in [0.1, 0.15) is 12.4 Å². The van der Waals surface area contributed by atoms with Gasteiger partial charge in [-0.25, -0.2) is 4.79 Å². The number of ether oxygens (including phenoxy) is 1. The smallest absolute Gasteiger partial charge is 0.330 e. The molecule has 1 heterocycles. The standard InChI is InChI=1S/C11H13N3O2/c12-5-8-16-10-3-1-9(2-4-10)14-7-6-13-11(14)15/h1-4,6-7H,5,8,12H2,(H,13,15). The molecule has 2 aromatic rings. The van der Waals surface area contributed by atoms with Gasteiger partial charge in [0.2, 0.25) is 0 Å². The van der Waals surface area contributed by atoms with Crippen molar-refractivity contribution in [3.05, 3.63) is 47.1 Å². The first-order valence-corrected chi connectivity index (χ1v) is 5.00. The van der Waals surface area contributed by atoms with Crippen molar-refractivity contribution >= 4 is 0 Å². The highest BCUT2D eigenvalue weighted by molar-refractivity contribution is 5.37. The number of aromatic nitrogens is 2. The minimum atomic E-state index is -0.157. The number of benzene rings is 1. The van der Waals surface area contributed by atoms with Crippen LogP contribution in [0.25, 0.3) is 5.69 Å². The molecule has 84 valence electrons. The Bertz CT molecular complexity index is 498. The molecule has 0 aliphatic carbocycles. The van der Waals surface area contributed by atoms with E-state index in [0.29, 0.717) is 13.2 Å². The molecule has 0 saturated carbocycles.